The van der Waals surface area contributed by atoms with Crippen molar-refractivity contribution in [3.8, 4) is 0 Å². The van der Waals surface area contributed by atoms with Gasteiger partial charge in [0.05, 0.1) is 0 Å². The Morgan fingerprint density at radius 3 is 2.44 bits per heavy atom. The number of amides is 1. The van der Waals surface area contributed by atoms with Gasteiger partial charge in [-0.2, -0.15) is 0 Å². The molecular formula is C11H19N3OS. The van der Waals surface area contributed by atoms with E-state index in [-0.39, 0.29) is 11.8 Å². The predicted molar refractivity (Wildman–Crippen MR) is 66.7 cm³/mol. The Hall–Kier alpha value is -0.970. The molecule has 90 valence electrons. The van der Waals surface area contributed by atoms with Crippen molar-refractivity contribution < 1.29 is 4.79 Å². The Balaban J connectivity index is 2.68. The minimum Gasteiger partial charge on any atom is -0.300 e. The Morgan fingerprint density at radius 2 is 1.94 bits per heavy atom. The van der Waals surface area contributed by atoms with Crippen molar-refractivity contribution in [1.82, 2.24) is 10.2 Å². The van der Waals surface area contributed by atoms with Gasteiger partial charge in [0.25, 0.3) is 0 Å². The van der Waals surface area contributed by atoms with Crippen LogP contribution in [0.1, 0.15) is 51.5 Å². The van der Waals surface area contributed by atoms with Crippen LogP contribution >= 0.6 is 11.3 Å². The number of aromatic nitrogens is 2. The van der Waals surface area contributed by atoms with Gasteiger partial charge in [0.2, 0.25) is 11.0 Å². The van der Waals surface area contributed by atoms with E-state index in [9.17, 15) is 4.79 Å². The van der Waals surface area contributed by atoms with Gasteiger partial charge in [0.1, 0.15) is 5.01 Å². The molecule has 1 aromatic rings. The van der Waals surface area contributed by atoms with Gasteiger partial charge in [-0.25, -0.2) is 0 Å². The maximum absolute atomic E-state index is 11.5. The van der Waals surface area contributed by atoms with E-state index in [0.717, 1.165) is 17.8 Å². The minimum absolute atomic E-state index is 0.00718. The second-order valence-electron chi connectivity index (χ2n) is 4.10. The first-order valence-corrected chi connectivity index (χ1v) is 6.54. The molecule has 0 spiro atoms. The fourth-order valence-electron chi connectivity index (χ4n) is 1.34. The summed E-state index contributed by atoms with van der Waals surface area (Å²) in [5, 5.41) is 12.5. The third-order valence-corrected chi connectivity index (χ3v) is 3.53. The molecule has 5 heteroatoms. The van der Waals surface area contributed by atoms with Crippen molar-refractivity contribution in [3.05, 3.63) is 5.01 Å². The lowest BCUT2D eigenvalue weighted by Gasteiger charge is -2.06. The second kappa shape index (κ2) is 5.94. The molecule has 16 heavy (non-hydrogen) atoms. The maximum atomic E-state index is 11.5. The molecule has 1 aromatic heterocycles. The van der Waals surface area contributed by atoms with Gasteiger partial charge in [-0.15, -0.1) is 10.2 Å². The van der Waals surface area contributed by atoms with E-state index in [0.29, 0.717) is 11.0 Å². The third-order valence-electron chi connectivity index (χ3n) is 2.53. The lowest BCUT2D eigenvalue weighted by molar-refractivity contribution is -0.118. The molecule has 0 unspecified atom stereocenters. The molecule has 0 aliphatic carbocycles. The number of carbonyl (C=O) groups is 1. The van der Waals surface area contributed by atoms with Crippen LogP contribution in [0.3, 0.4) is 0 Å². The molecule has 0 aliphatic heterocycles. The van der Waals surface area contributed by atoms with Gasteiger partial charge in [-0.1, -0.05) is 39.0 Å². The van der Waals surface area contributed by atoms with E-state index in [1.165, 1.54) is 11.3 Å². The highest BCUT2D eigenvalue weighted by Gasteiger charge is 2.15. The highest BCUT2D eigenvalue weighted by molar-refractivity contribution is 7.15. The zero-order valence-electron chi connectivity index (χ0n) is 10.3. The van der Waals surface area contributed by atoms with Crippen LogP contribution in [0.4, 0.5) is 5.13 Å². The molecule has 1 heterocycles. The molecule has 0 atom stereocenters. The number of hydrogen-bond donors (Lipinski definition) is 1. The number of hydrogen-bond acceptors (Lipinski definition) is 4. The lowest BCUT2D eigenvalue weighted by Crippen LogP contribution is -2.17. The number of rotatable bonds is 5. The number of anilines is 1. The zero-order chi connectivity index (χ0) is 12.1. The van der Waals surface area contributed by atoms with Crippen molar-refractivity contribution in [1.29, 1.82) is 0 Å². The quantitative estimate of drug-likeness (QED) is 0.862. The summed E-state index contributed by atoms with van der Waals surface area (Å²) >= 11 is 1.48. The van der Waals surface area contributed by atoms with E-state index in [2.05, 4.69) is 29.4 Å². The normalized spacial score (nSPS) is 11.1. The molecular weight excluding hydrogens is 222 g/mol. The SMILES string of the molecule is CCC(CC)c1nnc(NC(=O)C(C)C)s1. The highest BCUT2D eigenvalue weighted by Crippen LogP contribution is 2.28. The predicted octanol–water partition coefficient (Wildman–Crippen LogP) is 3.04. The van der Waals surface area contributed by atoms with Crippen LogP contribution in [0.15, 0.2) is 0 Å². The van der Waals surface area contributed by atoms with Crippen molar-refractivity contribution in [3.63, 3.8) is 0 Å². The van der Waals surface area contributed by atoms with Crippen molar-refractivity contribution in [2.24, 2.45) is 5.92 Å². The Kier molecular flexibility index (Phi) is 4.86. The molecule has 0 saturated heterocycles. The van der Waals surface area contributed by atoms with Gasteiger partial charge < -0.3 is 5.32 Å². The average molecular weight is 241 g/mol. The monoisotopic (exact) mass is 241 g/mol. The smallest absolute Gasteiger partial charge is 0.228 e. The third kappa shape index (κ3) is 3.27. The summed E-state index contributed by atoms with van der Waals surface area (Å²) in [5.41, 5.74) is 0. The molecule has 0 bridgehead atoms. The fourth-order valence-corrected chi connectivity index (χ4v) is 2.35. The second-order valence-corrected chi connectivity index (χ2v) is 5.11. The molecule has 0 fully saturated rings. The van der Waals surface area contributed by atoms with Gasteiger partial charge in [0.15, 0.2) is 0 Å². The van der Waals surface area contributed by atoms with E-state index < -0.39 is 0 Å². The molecule has 0 radical (unpaired) electrons. The Bertz CT molecular complexity index is 345. The van der Waals surface area contributed by atoms with Crippen LogP contribution in [-0.2, 0) is 4.79 Å². The van der Waals surface area contributed by atoms with E-state index in [1.54, 1.807) is 0 Å². The van der Waals surface area contributed by atoms with Crippen LogP contribution in [0.5, 0.6) is 0 Å². The van der Waals surface area contributed by atoms with Gasteiger partial charge in [-0.3, -0.25) is 4.79 Å². The molecule has 0 saturated carbocycles. The molecule has 1 amide bonds. The van der Waals surface area contributed by atoms with Crippen molar-refractivity contribution in [2.45, 2.75) is 46.5 Å². The molecule has 1 N–H and O–H groups in total. The number of nitrogens with one attached hydrogen (secondary N) is 1. The summed E-state index contributed by atoms with van der Waals surface area (Å²) < 4.78 is 0. The van der Waals surface area contributed by atoms with Crippen molar-refractivity contribution >= 4 is 22.4 Å². The van der Waals surface area contributed by atoms with Gasteiger partial charge in [-0.05, 0) is 12.8 Å². The minimum atomic E-state index is -0.0273. The average Bonchev–Trinajstić information content (AvgIpc) is 2.68. The molecule has 1 rings (SSSR count). The summed E-state index contributed by atoms with van der Waals surface area (Å²) in [6, 6.07) is 0. The molecule has 0 aromatic carbocycles. The first kappa shape index (κ1) is 13.1. The van der Waals surface area contributed by atoms with Crippen LogP contribution < -0.4 is 5.32 Å². The van der Waals surface area contributed by atoms with Crippen molar-refractivity contribution in [2.75, 3.05) is 5.32 Å². The summed E-state index contributed by atoms with van der Waals surface area (Å²) in [7, 11) is 0. The van der Waals surface area contributed by atoms with E-state index in [1.807, 2.05) is 13.8 Å². The first-order valence-electron chi connectivity index (χ1n) is 5.72. The van der Waals surface area contributed by atoms with Gasteiger partial charge >= 0.3 is 0 Å². The van der Waals surface area contributed by atoms with Crippen LogP contribution in [-0.4, -0.2) is 16.1 Å². The Morgan fingerprint density at radius 1 is 1.31 bits per heavy atom. The molecule has 4 nitrogen and oxygen atoms in total. The van der Waals surface area contributed by atoms with Gasteiger partial charge in [0, 0.05) is 11.8 Å². The summed E-state index contributed by atoms with van der Waals surface area (Å²) in [6.07, 6.45) is 2.12. The summed E-state index contributed by atoms with van der Waals surface area (Å²) in [4.78, 5) is 11.5. The summed E-state index contributed by atoms with van der Waals surface area (Å²) in [6.45, 7) is 8.00. The number of carbonyl (C=O) groups excluding carboxylic acids is 1. The first-order chi connectivity index (χ1) is 7.58. The summed E-state index contributed by atoms with van der Waals surface area (Å²) in [5.74, 6) is 0.426. The molecule has 0 aliphatic rings. The Labute approximate surface area is 100 Å². The van der Waals surface area contributed by atoms with E-state index in [4.69, 9.17) is 0 Å². The largest absolute Gasteiger partial charge is 0.300 e. The topological polar surface area (TPSA) is 54.9 Å². The maximum Gasteiger partial charge on any atom is 0.228 e. The van der Waals surface area contributed by atoms with Crippen LogP contribution in [0, 0.1) is 5.92 Å². The van der Waals surface area contributed by atoms with Crippen LogP contribution in [0.25, 0.3) is 0 Å². The highest BCUT2D eigenvalue weighted by atomic mass is 32.1. The standard InChI is InChI=1S/C11H19N3OS/c1-5-8(6-2)10-13-14-11(16-10)12-9(15)7(3)4/h7-8H,5-6H2,1-4H3,(H,12,14,15). The van der Waals surface area contributed by atoms with Crippen LogP contribution in [0.2, 0.25) is 0 Å². The van der Waals surface area contributed by atoms with E-state index >= 15 is 0 Å². The fraction of sp³-hybridized carbons (Fsp3) is 0.727. The number of nitrogens with zero attached hydrogens (tertiary/aromatic N) is 2. The lowest BCUT2D eigenvalue weighted by atomic mass is 10.1. The zero-order valence-corrected chi connectivity index (χ0v) is 11.1.